The van der Waals surface area contributed by atoms with Gasteiger partial charge < -0.3 is 10.4 Å². The Hall–Kier alpha value is -1.81. The van der Waals surface area contributed by atoms with Crippen LogP contribution < -0.4 is 5.32 Å². The molecule has 0 heterocycles. The molecule has 0 saturated heterocycles. The normalized spacial score (nSPS) is 14.3. The molecule has 0 aliphatic carbocycles. The average molecular weight is 459 g/mol. The maximum atomic E-state index is 9.51. The first-order chi connectivity index (χ1) is 13.5. The van der Waals surface area contributed by atoms with Gasteiger partial charge >= 0.3 is 0 Å². The van der Waals surface area contributed by atoms with Crippen molar-refractivity contribution in [1.29, 1.82) is 0 Å². The molecule has 3 aromatic rings. The van der Waals surface area contributed by atoms with E-state index in [2.05, 4.69) is 76.7 Å². The lowest BCUT2D eigenvalue weighted by molar-refractivity contribution is 0.268. The van der Waals surface area contributed by atoms with Crippen molar-refractivity contribution in [3.63, 3.8) is 0 Å². The molecule has 2 atom stereocenters. The molecule has 0 aromatic heterocycles. The maximum absolute atomic E-state index is 9.51. The molecule has 3 aromatic carbocycles. The number of nitrogens with one attached hydrogen (secondary N) is 1. The van der Waals surface area contributed by atoms with E-state index in [-0.39, 0.29) is 18.1 Å². The first kappa shape index (κ1) is 20.9. The molecule has 3 rings (SSSR count). The fourth-order valence-corrected chi connectivity index (χ4v) is 4.15. The van der Waals surface area contributed by atoms with Gasteiger partial charge in [0.1, 0.15) is 0 Å². The van der Waals surface area contributed by atoms with Crippen LogP contribution in [0.3, 0.4) is 0 Å². The van der Waals surface area contributed by atoms with Crippen LogP contribution >= 0.6 is 27.5 Å². The van der Waals surface area contributed by atoms with E-state index in [4.69, 9.17) is 11.6 Å². The van der Waals surface area contributed by atoms with E-state index in [1.165, 1.54) is 5.56 Å². The third-order valence-electron chi connectivity index (χ3n) is 5.24. The molecule has 28 heavy (non-hydrogen) atoms. The summed E-state index contributed by atoms with van der Waals surface area (Å²) in [6, 6.07) is 26.8. The van der Waals surface area contributed by atoms with Gasteiger partial charge in [0.25, 0.3) is 0 Å². The fourth-order valence-electron chi connectivity index (χ4n) is 3.76. The molecule has 146 valence electrons. The van der Waals surface area contributed by atoms with E-state index >= 15 is 0 Å². The molecule has 4 heteroatoms. The second-order valence-electron chi connectivity index (χ2n) is 7.17. The van der Waals surface area contributed by atoms with Crippen molar-refractivity contribution in [3.05, 3.63) is 99.5 Å². The Balaban J connectivity index is 2.08. The molecule has 0 amide bonds. The van der Waals surface area contributed by atoms with Gasteiger partial charge in [0, 0.05) is 27.7 Å². The monoisotopic (exact) mass is 457 g/mol. The molecule has 0 saturated carbocycles. The largest absolute Gasteiger partial charge is 0.396 e. The van der Waals surface area contributed by atoms with Crippen molar-refractivity contribution >= 4 is 33.2 Å². The zero-order chi connectivity index (χ0) is 20.0. The molecule has 0 bridgehead atoms. The number of anilines is 1. The number of hydrogen-bond donors (Lipinski definition) is 2. The summed E-state index contributed by atoms with van der Waals surface area (Å²) < 4.78 is 1.05. The number of halogens is 2. The molecular weight excluding hydrogens is 434 g/mol. The lowest BCUT2D eigenvalue weighted by Crippen LogP contribution is -2.39. The topological polar surface area (TPSA) is 32.3 Å². The van der Waals surface area contributed by atoms with Crippen LogP contribution in [0, 0.1) is 0 Å². The Morgan fingerprint density at radius 3 is 2.21 bits per heavy atom. The second kappa shape index (κ2) is 9.60. The Morgan fingerprint density at radius 2 is 1.61 bits per heavy atom. The van der Waals surface area contributed by atoms with Gasteiger partial charge in [0.2, 0.25) is 0 Å². The first-order valence-corrected chi connectivity index (χ1v) is 10.7. The number of aliphatic hydroxyl groups excluding tert-OH is 1. The minimum atomic E-state index is -0.380. The average Bonchev–Trinajstić information content (AvgIpc) is 2.71. The van der Waals surface area contributed by atoms with Crippen LogP contribution in [0.5, 0.6) is 0 Å². The number of benzene rings is 3. The predicted molar refractivity (Wildman–Crippen MR) is 122 cm³/mol. The van der Waals surface area contributed by atoms with E-state index in [9.17, 15) is 5.11 Å². The molecule has 2 nitrogen and oxygen atoms in total. The Bertz CT molecular complexity index is 867. The van der Waals surface area contributed by atoms with Crippen LogP contribution in [0.25, 0.3) is 0 Å². The van der Waals surface area contributed by atoms with Crippen LogP contribution in [-0.4, -0.2) is 11.7 Å². The highest BCUT2D eigenvalue weighted by Crippen LogP contribution is 2.43. The van der Waals surface area contributed by atoms with E-state index < -0.39 is 0 Å². The van der Waals surface area contributed by atoms with Gasteiger partial charge in [-0.05, 0) is 67.3 Å². The van der Waals surface area contributed by atoms with E-state index in [0.717, 1.165) is 33.6 Å². The van der Waals surface area contributed by atoms with Crippen LogP contribution in [0.1, 0.15) is 36.8 Å². The number of aliphatic hydroxyl groups is 1. The van der Waals surface area contributed by atoms with Gasteiger partial charge in [-0.3, -0.25) is 0 Å². The summed E-state index contributed by atoms with van der Waals surface area (Å²) in [5, 5.41) is 14.0. The van der Waals surface area contributed by atoms with Crippen molar-refractivity contribution < 1.29 is 5.11 Å². The standard InChI is InChI=1S/C24H25BrClNO/c1-24(19-9-13-21(26)14-10-19,27-22-15-11-20(25)12-16-22)23(8-5-17-28)18-6-3-2-4-7-18/h2-4,6-7,9-16,23,27-28H,5,8,17H2,1H3. The zero-order valence-corrected chi connectivity index (χ0v) is 18.2. The Kier molecular flexibility index (Phi) is 7.17. The fraction of sp³-hybridized carbons (Fsp3) is 0.250. The van der Waals surface area contributed by atoms with Gasteiger partial charge in [0.15, 0.2) is 0 Å². The van der Waals surface area contributed by atoms with Crippen molar-refractivity contribution in [2.75, 3.05) is 11.9 Å². The molecule has 0 radical (unpaired) electrons. The molecule has 2 unspecified atom stereocenters. The lowest BCUT2D eigenvalue weighted by Gasteiger charge is -2.41. The maximum Gasteiger partial charge on any atom is 0.0665 e. The third kappa shape index (κ3) is 4.96. The minimum Gasteiger partial charge on any atom is -0.396 e. The summed E-state index contributed by atoms with van der Waals surface area (Å²) in [5.74, 6) is 0.172. The second-order valence-corrected chi connectivity index (χ2v) is 8.52. The van der Waals surface area contributed by atoms with E-state index in [0.29, 0.717) is 0 Å². The predicted octanol–water partition coefficient (Wildman–Crippen LogP) is 6.99. The SMILES string of the molecule is CC(Nc1ccc(Br)cc1)(c1ccc(Cl)cc1)C(CCCO)c1ccccc1. The van der Waals surface area contributed by atoms with Gasteiger partial charge in [0.05, 0.1) is 5.54 Å². The summed E-state index contributed by atoms with van der Waals surface area (Å²) in [6.45, 7) is 2.41. The summed E-state index contributed by atoms with van der Waals surface area (Å²) in [6.07, 6.45) is 1.61. The molecule has 0 aliphatic rings. The number of rotatable bonds is 8. The van der Waals surface area contributed by atoms with Crippen molar-refractivity contribution in [2.24, 2.45) is 0 Å². The molecule has 0 aliphatic heterocycles. The smallest absolute Gasteiger partial charge is 0.0665 e. The molecule has 2 N–H and O–H groups in total. The van der Waals surface area contributed by atoms with E-state index in [1.54, 1.807) is 0 Å². The van der Waals surface area contributed by atoms with Crippen LogP contribution in [0.2, 0.25) is 5.02 Å². The zero-order valence-electron chi connectivity index (χ0n) is 15.9. The van der Waals surface area contributed by atoms with Crippen molar-refractivity contribution in [1.82, 2.24) is 0 Å². The van der Waals surface area contributed by atoms with Gasteiger partial charge in [-0.15, -0.1) is 0 Å². The summed E-state index contributed by atoms with van der Waals surface area (Å²) in [4.78, 5) is 0. The molecular formula is C24H25BrClNO. The summed E-state index contributed by atoms with van der Waals surface area (Å²) >= 11 is 9.67. The lowest BCUT2D eigenvalue weighted by atomic mass is 9.73. The van der Waals surface area contributed by atoms with Gasteiger partial charge in [-0.25, -0.2) is 0 Å². The van der Waals surface area contributed by atoms with Crippen molar-refractivity contribution in [3.8, 4) is 0 Å². The highest BCUT2D eigenvalue weighted by atomic mass is 79.9. The highest BCUT2D eigenvalue weighted by molar-refractivity contribution is 9.10. The van der Waals surface area contributed by atoms with Gasteiger partial charge in [-0.1, -0.05) is 70.0 Å². The minimum absolute atomic E-state index is 0.172. The molecule has 0 fully saturated rings. The Labute approximate surface area is 180 Å². The Morgan fingerprint density at radius 1 is 0.964 bits per heavy atom. The summed E-state index contributed by atoms with van der Waals surface area (Å²) in [5.41, 5.74) is 3.07. The third-order valence-corrected chi connectivity index (χ3v) is 6.02. The van der Waals surface area contributed by atoms with Crippen molar-refractivity contribution in [2.45, 2.75) is 31.2 Å². The molecule has 0 spiro atoms. The van der Waals surface area contributed by atoms with Gasteiger partial charge in [-0.2, -0.15) is 0 Å². The van der Waals surface area contributed by atoms with Crippen LogP contribution in [0.15, 0.2) is 83.3 Å². The van der Waals surface area contributed by atoms with Crippen LogP contribution in [0.4, 0.5) is 5.69 Å². The highest BCUT2D eigenvalue weighted by Gasteiger charge is 2.36. The number of hydrogen-bond acceptors (Lipinski definition) is 2. The first-order valence-electron chi connectivity index (χ1n) is 9.48. The summed E-state index contributed by atoms with van der Waals surface area (Å²) in [7, 11) is 0. The quantitative estimate of drug-likeness (QED) is 0.381. The van der Waals surface area contributed by atoms with Crippen LogP contribution in [-0.2, 0) is 5.54 Å². The van der Waals surface area contributed by atoms with E-state index in [1.807, 2.05) is 30.3 Å².